The molecule has 3 N–H and O–H groups in total. The van der Waals surface area contributed by atoms with Gasteiger partial charge in [-0.05, 0) is 30.7 Å². The van der Waals surface area contributed by atoms with E-state index in [1.54, 1.807) is 67.6 Å². The molecule has 0 saturated carbocycles. The van der Waals surface area contributed by atoms with E-state index in [1.165, 1.54) is 0 Å². The number of carbonyl (C=O) groups is 2. The van der Waals surface area contributed by atoms with Crippen molar-refractivity contribution >= 4 is 17.8 Å². The third-order valence-electron chi connectivity index (χ3n) is 5.43. The van der Waals surface area contributed by atoms with Gasteiger partial charge in [0.25, 0.3) is 5.56 Å². The zero-order valence-electron chi connectivity index (χ0n) is 18.2. The molecule has 4 atom stereocenters. The molecule has 176 valence electrons. The van der Waals surface area contributed by atoms with Crippen LogP contribution in [0.4, 0.5) is 5.82 Å². The number of aromatic nitrogens is 2. The lowest BCUT2D eigenvalue weighted by Gasteiger charge is -2.24. The number of H-pyrrole nitrogens is 1. The van der Waals surface area contributed by atoms with Gasteiger partial charge in [-0.25, -0.2) is 19.0 Å². The highest BCUT2D eigenvalue weighted by atomic mass is 16.6. The van der Waals surface area contributed by atoms with E-state index in [-0.39, 0.29) is 16.9 Å². The van der Waals surface area contributed by atoms with E-state index >= 15 is 0 Å². The van der Waals surface area contributed by atoms with Crippen LogP contribution >= 0.6 is 0 Å². The van der Waals surface area contributed by atoms with E-state index in [1.807, 2.05) is 0 Å². The normalized spacial score (nSPS) is 21.7. The molecule has 0 aliphatic carbocycles. The Morgan fingerprint density at radius 2 is 1.47 bits per heavy atom. The molecule has 3 aromatic rings. The smallest absolute Gasteiger partial charge is 0.338 e. The number of ether oxygens (including phenoxy) is 3. The monoisotopic (exact) mass is 465 g/mol. The minimum atomic E-state index is -1.34. The van der Waals surface area contributed by atoms with Crippen molar-refractivity contribution in [3.05, 3.63) is 98.7 Å². The van der Waals surface area contributed by atoms with Crippen LogP contribution < -0.4 is 17.0 Å². The molecule has 34 heavy (non-hydrogen) atoms. The Kier molecular flexibility index (Phi) is 6.60. The van der Waals surface area contributed by atoms with Gasteiger partial charge in [0.1, 0.15) is 11.9 Å². The number of nitrogen functional groups attached to an aromatic ring is 1. The molecule has 1 aromatic heterocycles. The Balaban J connectivity index is 1.73. The Hall–Kier alpha value is -4.18. The van der Waals surface area contributed by atoms with Gasteiger partial charge in [0.05, 0.1) is 11.1 Å². The van der Waals surface area contributed by atoms with Crippen LogP contribution in [-0.2, 0) is 14.2 Å². The van der Waals surface area contributed by atoms with E-state index < -0.39 is 47.7 Å². The van der Waals surface area contributed by atoms with E-state index in [0.29, 0.717) is 6.42 Å². The first-order valence-electron chi connectivity index (χ1n) is 10.7. The fourth-order valence-electron chi connectivity index (χ4n) is 3.81. The fraction of sp³-hybridized carbons (Fsp3) is 0.250. The summed E-state index contributed by atoms with van der Waals surface area (Å²) < 4.78 is 18.1. The first kappa shape index (κ1) is 23.0. The molecule has 0 spiro atoms. The van der Waals surface area contributed by atoms with Crippen molar-refractivity contribution in [1.82, 2.24) is 9.55 Å². The van der Waals surface area contributed by atoms with Gasteiger partial charge in [0.15, 0.2) is 18.4 Å². The van der Waals surface area contributed by atoms with Crippen molar-refractivity contribution in [1.29, 1.82) is 0 Å². The topological polar surface area (TPSA) is 143 Å². The van der Waals surface area contributed by atoms with E-state index in [2.05, 4.69) is 4.98 Å². The predicted molar refractivity (Wildman–Crippen MR) is 121 cm³/mol. The summed E-state index contributed by atoms with van der Waals surface area (Å²) >= 11 is 0. The standard InChI is InChI=1S/C24H23N3O7/c1-2-16-19(33-22(29)14-9-5-3-6-10-14)20(34-23(30)15-11-7-4-8-12-15)21(32-16)27-18(28)13-17(25)26-24(27)31/h3-13,16,19-21H,2,25H2,1H3,(H,26,31). The molecule has 1 aliphatic heterocycles. The molecule has 10 heteroatoms. The number of anilines is 1. The highest BCUT2D eigenvalue weighted by molar-refractivity contribution is 5.90. The fourth-order valence-corrected chi connectivity index (χ4v) is 3.81. The summed E-state index contributed by atoms with van der Waals surface area (Å²) in [5, 5.41) is 0. The maximum absolute atomic E-state index is 12.9. The molecule has 2 heterocycles. The number of rotatable bonds is 6. The summed E-state index contributed by atoms with van der Waals surface area (Å²) in [5.41, 5.74) is 4.50. The number of hydrogen-bond donors (Lipinski definition) is 2. The number of hydrogen-bond acceptors (Lipinski definition) is 8. The number of carbonyl (C=O) groups excluding carboxylic acids is 2. The molecule has 0 radical (unpaired) electrons. The zero-order valence-corrected chi connectivity index (χ0v) is 18.2. The summed E-state index contributed by atoms with van der Waals surface area (Å²) in [5.74, 6) is -1.51. The van der Waals surface area contributed by atoms with Gasteiger partial charge in [0, 0.05) is 6.07 Å². The molecular formula is C24H23N3O7. The van der Waals surface area contributed by atoms with Crippen LogP contribution in [0, 0.1) is 0 Å². The number of aromatic amines is 1. The maximum Gasteiger partial charge on any atom is 0.338 e. The van der Waals surface area contributed by atoms with Crippen molar-refractivity contribution in [3.63, 3.8) is 0 Å². The van der Waals surface area contributed by atoms with Gasteiger partial charge in [0.2, 0.25) is 0 Å². The van der Waals surface area contributed by atoms with E-state index in [4.69, 9.17) is 19.9 Å². The first-order chi connectivity index (χ1) is 16.4. The molecule has 4 rings (SSSR count). The average Bonchev–Trinajstić information content (AvgIpc) is 3.16. The van der Waals surface area contributed by atoms with Gasteiger partial charge < -0.3 is 19.9 Å². The number of nitrogens with two attached hydrogens (primary N) is 1. The van der Waals surface area contributed by atoms with Crippen LogP contribution in [0.1, 0.15) is 40.3 Å². The average molecular weight is 465 g/mol. The van der Waals surface area contributed by atoms with Crippen LogP contribution in [0.15, 0.2) is 76.3 Å². The Labute approximate surface area is 193 Å². The van der Waals surface area contributed by atoms with Gasteiger partial charge in [-0.15, -0.1) is 0 Å². The lowest BCUT2D eigenvalue weighted by atomic mass is 10.1. The van der Waals surface area contributed by atoms with Crippen molar-refractivity contribution in [2.45, 2.75) is 37.9 Å². The largest absolute Gasteiger partial charge is 0.452 e. The molecule has 1 aliphatic rings. The minimum absolute atomic E-state index is 0.124. The predicted octanol–water partition coefficient (Wildman–Crippen LogP) is 1.88. The molecular weight excluding hydrogens is 442 g/mol. The highest BCUT2D eigenvalue weighted by Crippen LogP contribution is 2.35. The van der Waals surface area contributed by atoms with Crippen LogP contribution in [0.5, 0.6) is 0 Å². The second kappa shape index (κ2) is 9.75. The van der Waals surface area contributed by atoms with Gasteiger partial charge in [-0.2, -0.15) is 0 Å². The summed E-state index contributed by atoms with van der Waals surface area (Å²) in [6.45, 7) is 1.78. The van der Waals surface area contributed by atoms with Crippen LogP contribution in [-0.4, -0.2) is 39.8 Å². The SMILES string of the molecule is CCC1OC(n2c(=O)cc(N)[nH]c2=O)C(OC(=O)c2ccccc2)C1OC(=O)c1ccccc1. The molecule has 10 nitrogen and oxygen atoms in total. The number of benzene rings is 2. The maximum atomic E-state index is 12.9. The first-order valence-corrected chi connectivity index (χ1v) is 10.7. The van der Waals surface area contributed by atoms with E-state index in [0.717, 1.165) is 10.6 Å². The molecule has 2 aromatic carbocycles. The summed E-state index contributed by atoms with van der Waals surface area (Å²) in [7, 11) is 0. The number of nitrogens with one attached hydrogen (secondary N) is 1. The van der Waals surface area contributed by atoms with Crippen LogP contribution in [0.3, 0.4) is 0 Å². The zero-order chi connectivity index (χ0) is 24.2. The number of esters is 2. The highest BCUT2D eigenvalue weighted by Gasteiger charge is 2.50. The van der Waals surface area contributed by atoms with E-state index in [9.17, 15) is 19.2 Å². The Morgan fingerprint density at radius 1 is 0.941 bits per heavy atom. The van der Waals surface area contributed by atoms with Crippen molar-refractivity contribution in [2.75, 3.05) is 5.73 Å². The molecule has 1 saturated heterocycles. The van der Waals surface area contributed by atoms with Gasteiger partial charge in [-0.3, -0.25) is 9.78 Å². The lowest BCUT2D eigenvalue weighted by molar-refractivity contribution is -0.0540. The van der Waals surface area contributed by atoms with Crippen LogP contribution in [0.2, 0.25) is 0 Å². The van der Waals surface area contributed by atoms with Crippen molar-refractivity contribution in [3.8, 4) is 0 Å². The second-order valence-corrected chi connectivity index (χ2v) is 7.68. The minimum Gasteiger partial charge on any atom is -0.452 e. The Bertz CT molecular complexity index is 1260. The Morgan fingerprint density at radius 3 is 1.97 bits per heavy atom. The third kappa shape index (κ3) is 4.62. The van der Waals surface area contributed by atoms with Crippen molar-refractivity contribution < 1.29 is 23.8 Å². The third-order valence-corrected chi connectivity index (χ3v) is 5.43. The van der Waals surface area contributed by atoms with Crippen LogP contribution in [0.25, 0.3) is 0 Å². The summed E-state index contributed by atoms with van der Waals surface area (Å²) in [4.78, 5) is 53.3. The summed E-state index contributed by atoms with van der Waals surface area (Å²) in [6, 6.07) is 17.5. The number of nitrogens with zero attached hydrogens (tertiary/aromatic N) is 1. The van der Waals surface area contributed by atoms with Gasteiger partial charge >= 0.3 is 17.6 Å². The summed E-state index contributed by atoms with van der Waals surface area (Å²) in [6.07, 6.45) is -4.12. The molecule has 1 fully saturated rings. The van der Waals surface area contributed by atoms with Crippen molar-refractivity contribution in [2.24, 2.45) is 0 Å². The quantitative estimate of drug-likeness (QED) is 0.526. The molecule has 0 bridgehead atoms. The van der Waals surface area contributed by atoms with Gasteiger partial charge in [-0.1, -0.05) is 43.3 Å². The molecule has 0 amide bonds. The lowest BCUT2D eigenvalue weighted by Crippen LogP contribution is -2.45. The molecule has 4 unspecified atom stereocenters. The second-order valence-electron chi connectivity index (χ2n) is 7.68.